The first-order valence-corrected chi connectivity index (χ1v) is 6.50. The minimum atomic E-state index is -0.0899. The Morgan fingerprint density at radius 2 is 2.00 bits per heavy atom. The molecule has 1 aromatic carbocycles. The number of aryl methyl sites for hydroxylation is 1. The number of hydrogen-bond donors (Lipinski definition) is 0. The molecule has 0 bridgehead atoms. The fourth-order valence-electron chi connectivity index (χ4n) is 2.47. The van der Waals surface area contributed by atoms with Crippen LogP contribution in [0.15, 0.2) is 18.2 Å². The van der Waals surface area contributed by atoms with Crippen LogP contribution in [0.4, 0.5) is 4.39 Å². The zero-order chi connectivity index (χ0) is 11.5. The molecule has 88 valence electrons. The molecule has 1 aliphatic carbocycles. The molecule has 1 fully saturated rings. The van der Waals surface area contributed by atoms with Gasteiger partial charge in [-0.2, -0.15) is 0 Å². The summed E-state index contributed by atoms with van der Waals surface area (Å²) in [6.45, 7) is 1.80. The first-order chi connectivity index (χ1) is 7.66. The van der Waals surface area contributed by atoms with Crippen molar-refractivity contribution in [3.05, 3.63) is 35.1 Å². The zero-order valence-electron chi connectivity index (χ0n) is 9.68. The highest BCUT2D eigenvalue weighted by Crippen LogP contribution is 2.34. The Balaban J connectivity index is 2.18. The van der Waals surface area contributed by atoms with Crippen LogP contribution in [0.5, 0.6) is 0 Å². The van der Waals surface area contributed by atoms with Gasteiger partial charge in [0.2, 0.25) is 0 Å². The molecule has 0 heterocycles. The van der Waals surface area contributed by atoms with E-state index in [0.717, 1.165) is 30.4 Å². The number of benzene rings is 1. The highest BCUT2D eigenvalue weighted by Gasteiger charge is 2.20. The first-order valence-electron chi connectivity index (χ1n) is 6.07. The molecule has 0 nitrogen and oxygen atoms in total. The Labute approximate surface area is 102 Å². The first kappa shape index (κ1) is 11.9. The Morgan fingerprint density at radius 3 is 2.75 bits per heavy atom. The molecule has 0 saturated heterocycles. The number of rotatable bonds is 1. The second-order valence-corrected chi connectivity index (χ2v) is 5.44. The van der Waals surface area contributed by atoms with Gasteiger partial charge in [0.1, 0.15) is 5.82 Å². The highest BCUT2D eigenvalue weighted by atomic mass is 35.5. The summed E-state index contributed by atoms with van der Waals surface area (Å²) in [6.07, 6.45) is 5.66. The summed E-state index contributed by atoms with van der Waals surface area (Å²) in [5.74, 6) is 0.355. The van der Waals surface area contributed by atoms with Crippen molar-refractivity contribution in [2.75, 3.05) is 0 Å². The topological polar surface area (TPSA) is 0 Å². The van der Waals surface area contributed by atoms with Crippen LogP contribution < -0.4 is 0 Å². The number of alkyl halides is 1. The van der Waals surface area contributed by atoms with Crippen molar-refractivity contribution in [2.24, 2.45) is 0 Å². The maximum Gasteiger partial charge on any atom is 0.126 e. The number of hydrogen-bond acceptors (Lipinski definition) is 0. The highest BCUT2D eigenvalue weighted by molar-refractivity contribution is 6.20. The minimum absolute atomic E-state index is 0.0899. The van der Waals surface area contributed by atoms with Crippen molar-refractivity contribution in [2.45, 2.75) is 50.3 Å². The van der Waals surface area contributed by atoms with Gasteiger partial charge in [-0.05, 0) is 49.3 Å². The molecule has 2 atom stereocenters. The molecule has 0 spiro atoms. The van der Waals surface area contributed by atoms with E-state index in [1.54, 1.807) is 13.0 Å². The maximum atomic E-state index is 13.5. The van der Waals surface area contributed by atoms with Crippen LogP contribution in [0.3, 0.4) is 0 Å². The van der Waals surface area contributed by atoms with E-state index in [1.807, 2.05) is 6.07 Å². The van der Waals surface area contributed by atoms with Crippen LogP contribution in [-0.4, -0.2) is 5.38 Å². The smallest absolute Gasteiger partial charge is 0.126 e. The van der Waals surface area contributed by atoms with E-state index in [4.69, 9.17) is 11.6 Å². The normalized spacial score (nSPS) is 26.4. The summed E-state index contributed by atoms with van der Waals surface area (Å²) in [5.41, 5.74) is 1.84. The molecule has 0 aromatic heterocycles. The van der Waals surface area contributed by atoms with Crippen LogP contribution in [-0.2, 0) is 0 Å². The van der Waals surface area contributed by atoms with Crippen molar-refractivity contribution >= 4 is 11.6 Å². The molecular weight excluding hydrogens is 223 g/mol. The molecule has 1 aliphatic rings. The van der Waals surface area contributed by atoms with Gasteiger partial charge >= 0.3 is 0 Å². The summed E-state index contributed by atoms with van der Waals surface area (Å²) in [7, 11) is 0. The molecule has 2 heteroatoms. The molecule has 1 saturated carbocycles. The molecule has 2 rings (SSSR count). The minimum Gasteiger partial charge on any atom is -0.207 e. The Hall–Kier alpha value is -0.560. The summed E-state index contributed by atoms with van der Waals surface area (Å²) in [6, 6.07) is 5.62. The summed E-state index contributed by atoms with van der Waals surface area (Å²) < 4.78 is 13.5. The molecule has 0 amide bonds. The standard InChI is InChI=1S/C14H18ClF/c1-10-6-7-12(9-14(10)16)11-4-2-3-5-13(15)8-11/h6-7,9,11,13H,2-5,8H2,1H3. The van der Waals surface area contributed by atoms with Crippen molar-refractivity contribution in [1.29, 1.82) is 0 Å². The molecule has 16 heavy (non-hydrogen) atoms. The molecule has 0 radical (unpaired) electrons. The van der Waals surface area contributed by atoms with Crippen molar-refractivity contribution in [1.82, 2.24) is 0 Å². The SMILES string of the molecule is Cc1ccc(C2CCCCC(Cl)C2)cc1F. The largest absolute Gasteiger partial charge is 0.207 e. The van der Waals surface area contributed by atoms with Gasteiger partial charge in [0.15, 0.2) is 0 Å². The predicted molar refractivity (Wildman–Crippen MR) is 66.6 cm³/mol. The third kappa shape index (κ3) is 2.76. The van der Waals surface area contributed by atoms with Gasteiger partial charge in [-0.25, -0.2) is 4.39 Å². The van der Waals surface area contributed by atoms with E-state index in [1.165, 1.54) is 12.8 Å². The Morgan fingerprint density at radius 1 is 1.25 bits per heavy atom. The summed E-state index contributed by atoms with van der Waals surface area (Å²) in [4.78, 5) is 0. The van der Waals surface area contributed by atoms with Gasteiger partial charge < -0.3 is 0 Å². The molecule has 0 aliphatic heterocycles. The lowest BCUT2D eigenvalue weighted by molar-refractivity contribution is 0.578. The lowest BCUT2D eigenvalue weighted by Crippen LogP contribution is -2.04. The van der Waals surface area contributed by atoms with Crippen molar-refractivity contribution in [3.8, 4) is 0 Å². The third-order valence-electron chi connectivity index (χ3n) is 3.53. The van der Waals surface area contributed by atoms with Crippen LogP contribution in [0.25, 0.3) is 0 Å². The lowest BCUT2D eigenvalue weighted by Gasteiger charge is -2.17. The van der Waals surface area contributed by atoms with Crippen molar-refractivity contribution in [3.63, 3.8) is 0 Å². The van der Waals surface area contributed by atoms with Crippen molar-refractivity contribution < 1.29 is 4.39 Å². The van der Waals surface area contributed by atoms with E-state index in [-0.39, 0.29) is 11.2 Å². The Bertz CT molecular complexity index is 362. The maximum absolute atomic E-state index is 13.5. The van der Waals surface area contributed by atoms with E-state index in [9.17, 15) is 4.39 Å². The average Bonchev–Trinajstić information content (AvgIpc) is 2.47. The average molecular weight is 241 g/mol. The molecule has 0 N–H and O–H groups in total. The van der Waals surface area contributed by atoms with Gasteiger partial charge in [0.05, 0.1) is 0 Å². The Kier molecular flexibility index (Phi) is 3.86. The number of halogens is 2. The molecule has 1 aromatic rings. The van der Waals surface area contributed by atoms with Crippen LogP contribution in [0.2, 0.25) is 0 Å². The van der Waals surface area contributed by atoms with E-state index in [0.29, 0.717) is 5.92 Å². The molecular formula is C14H18ClF. The van der Waals surface area contributed by atoms with Gasteiger partial charge in [-0.3, -0.25) is 0 Å². The fourth-order valence-corrected chi connectivity index (χ4v) is 2.84. The third-order valence-corrected chi connectivity index (χ3v) is 3.92. The summed E-state index contributed by atoms with van der Waals surface area (Å²) in [5, 5.41) is 0.261. The van der Waals surface area contributed by atoms with Gasteiger partial charge in [0.25, 0.3) is 0 Å². The van der Waals surface area contributed by atoms with E-state index in [2.05, 4.69) is 6.07 Å². The van der Waals surface area contributed by atoms with Gasteiger partial charge in [0, 0.05) is 5.38 Å². The van der Waals surface area contributed by atoms with E-state index < -0.39 is 0 Å². The van der Waals surface area contributed by atoms with Gasteiger partial charge in [-0.1, -0.05) is 25.0 Å². The van der Waals surface area contributed by atoms with Gasteiger partial charge in [-0.15, -0.1) is 11.6 Å². The fraction of sp³-hybridized carbons (Fsp3) is 0.571. The second-order valence-electron chi connectivity index (χ2n) is 4.82. The van der Waals surface area contributed by atoms with Crippen LogP contribution in [0, 0.1) is 12.7 Å². The lowest BCUT2D eigenvalue weighted by atomic mass is 9.91. The molecule has 2 unspecified atom stereocenters. The van der Waals surface area contributed by atoms with Crippen LogP contribution >= 0.6 is 11.6 Å². The monoisotopic (exact) mass is 240 g/mol. The second kappa shape index (κ2) is 5.18. The summed E-state index contributed by atoms with van der Waals surface area (Å²) >= 11 is 6.24. The van der Waals surface area contributed by atoms with E-state index >= 15 is 0 Å². The predicted octanol–water partition coefficient (Wildman–Crippen LogP) is 4.79. The van der Waals surface area contributed by atoms with Crippen LogP contribution in [0.1, 0.15) is 49.1 Å². The quantitative estimate of drug-likeness (QED) is 0.489. The zero-order valence-corrected chi connectivity index (χ0v) is 10.4.